The summed E-state index contributed by atoms with van der Waals surface area (Å²) in [5, 5.41) is 8.77. The normalized spacial score (nSPS) is 15.2. The summed E-state index contributed by atoms with van der Waals surface area (Å²) in [5.41, 5.74) is 3.16. The standard InChI is InChI=1S/C22H16N2S2/c25-20(17-10-4-1-5-11-17)16-21-24(19-14-8-3-9-15-19)23-22(26-21)18-12-6-2-7-13-18/h1-16H/b21-16-. The molecule has 0 spiro atoms. The minimum atomic E-state index is 0.804. The SMILES string of the molecule is S=C(/C=C1\SC(c2ccccc2)=NN1c1ccccc1)c1ccccc1. The van der Waals surface area contributed by atoms with Gasteiger partial charge in [-0.15, -0.1) is 0 Å². The van der Waals surface area contributed by atoms with Crippen molar-refractivity contribution < 1.29 is 0 Å². The Morgan fingerprint density at radius 1 is 0.808 bits per heavy atom. The Labute approximate surface area is 162 Å². The van der Waals surface area contributed by atoms with Crippen LogP contribution in [-0.4, -0.2) is 9.91 Å². The maximum absolute atomic E-state index is 5.65. The van der Waals surface area contributed by atoms with Crippen molar-refractivity contribution >= 4 is 39.6 Å². The number of benzene rings is 3. The van der Waals surface area contributed by atoms with Crippen molar-refractivity contribution in [2.75, 3.05) is 5.01 Å². The third-order valence-electron chi connectivity index (χ3n) is 3.94. The number of hydrogen-bond acceptors (Lipinski definition) is 4. The van der Waals surface area contributed by atoms with Crippen molar-refractivity contribution in [3.63, 3.8) is 0 Å². The van der Waals surface area contributed by atoms with Gasteiger partial charge in [-0.1, -0.05) is 91.1 Å². The molecule has 0 saturated heterocycles. The third-order valence-corrected chi connectivity index (χ3v) is 5.30. The predicted molar refractivity (Wildman–Crippen MR) is 116 cm³/mol. The molecule has 2 nitrogen and oxygen atoms in total. The molecule has 1 heterocycles. The van der Waals surface area contributed by atoms with Gasteiger partial charge in [0.15, 0.2) is 0 Å². The van der Waals surface area contributed by atoms with Gasteiger partial charge < -0.3 is 0 Å². The largest absolute Gasteiger partial charge is 0.226 e. The Hall–Kier alpha value is -2.69. The molecule has 1 aliphatic heterocycles. The van der Waals surface area contributed by atoms with E-state index < -0.39 is 0 Å². The van der Waals surface area contributed by atoms with Gasteiger partial charge in [0.2, 0.25) is 0 Å². The van der Waals surface area contributed by atoms with Crippen LogP contribution < -0.4 is 5.01 Å². The molecule has 0 amide bonds. The maximum Gasteiger partial charge on any atom is 0.131 e. The van der Waals surface area contributed by atoms with Crippen LogP contribution in [0.15, 0.2) is 107 Å². The summed E-state index contributed by atoms with van der Waals surface area (Å²) in [6, 6.07) is 30.4. The van der Waals surface area contributed by atoms with Gasteiger partial charge in [0.05, 0.1) is 5.69 Å². The van der Waals surface area contributed by atoms with Crippen LogP contribution in [0.2, 0.25) is 0 Å². The Morgan fingerprint density at radius 2 is 1.38 bits per heavy atom. The molecule has 0 aliphatic carbocycles. The number of hydrazone groups is 1. The Balaban J connectivity index is 1.71. The molecule has 26 heavy (non-hydrogen) atoms. The summed E-state index contributed by atoms with van der Waals surface area (Å²) in [6.45, 7) is 0. The van der Waals surface area contributed by atoms with Crippen molar-refractivity contribution in [3.8, 4) is 0 Å². The zero-order chi connectivity index (χ0) is 17.8. The first kappa shape index (κ1) is 16.8. The minimum absolute atomic E-state index is 0.804. The monoisotopic (exact) mass is 372 g/mol. The molecule has 0 aromatic heterocycles. The van der Waals surface area contributed by atoms with Crippen molar-refractivity contribution in [2.24, 2.45) is 5.10 Å². The molecular weight excluding hydrogens is 356 g/mol. The smallest absolute Gasteiger partial charge is 0.131 e. The number of thioether (sulfide) groups is 1. The van der Waals surface area contributed by atoms with Crippen molar-refractivity contribution in [1.29, 1.82) is 0 Å². The average Bonchev–Trinajstić information content (AvgIpc) is 3.14. The number of anilines is 1. The van der Waals surface area contributed by atoms with E-state index in [0.717, 1.165) is 31.8 Å². The zero-order valence-corrected chi connectivity index (χ0v) is 15.6. The van der Waals surface area contributed by atoms with E-state index in [4.69, 9.17) is 17.3 Å². The number of hydrogen-bond donors (Lipinski definition) is 0. The van der Waals surface area contributed by atoms with Gasteiger partial charge in [0.1, 0.15) is 10.1 Å². The van der Waals surface area contributed by atoms with Gasteiger partial charge in [-0.25, -0.2) is 5.01 Å². The van der Waals surface area contributed by atoms with Crippen LogP contribution in [0.3, 0.4) is 0 Å². The minimum Gasteiger partial charge on any atom is -0.226 e. The van der Waals surface area contributed by atoms with Crippen LogP contribution in [0.5, 0.6) is 0 Å². The molecule has 3 aromatic rings. The van der Waals surface area contributed by atoms with E-state index >= 15 is 0 Å². The molecule has 4 heteroatoms. The van der Waals surface area contributed by atoms with E-state index in [2.05, 4.69) is 24.3 Å². The lowest BCUT2D eigenvalue weighted by Crippen LogP contribution is -2.10. The van der Waals surface area contributed by atoms with Gasteiger partial charge >= 0.3 is 0 Å². The molecular formula is C22H16N2S2. The fourth-order valence-electron chi connectivity index (χ4n) is 2.64. The lowest BCUT2D eigenvalue weighted by molar-refractivity contribution is 1.08. The lowest BCUT2D eigenvalue weighted by atomic mass is 10.1. The topological polar surface area (TPSA) is 15.6 Å². The van der Waals surface area contributed by atoms with E-state index in [1.807, 2.05) is 77.8 Å². The zero-order valence-electron chi connectivity index (χ0n) is 13.9. The summed E-state index contributed by atoms with van der Waals surface area (Å²) >= 11 is 7.29. The van der Waals surface area contributed by atoms with Crippen molar-refractivity contribution in [2.45, 2.75) is 0 Å². The molecule has 0 fully saturated rings. The molecule has 0 atom stereocenters. The van der Waals surface area contributed by atoms with Gasteiger partial charge in [0.25, 0.3) is 0 Å². The number of para-hydroxylation sites is 1. The van der Waals surface area contributed by atoms with Gasteiger partial charge in [-0.05, 0) is 35.5 Å². The van der Waals surface area contributed by atoms with E-state index in [9.17, 15) is 0 Å². The number of rotatable bonds is 4. The molecule has 0 saturated carbocycles. The van der Waals surface area contributed by atoms with Gasteiger partial charge in [-0.2, -0.15) is 5.10 Å². The lowest BCUT2D eigenvalue weighted by Gasteiger charge is -2.15. The first-order valence-corrected chi connectivity index (χ1v) is 9.52. The number of allylic oxidation sites excluding steroid dienone is 1. The first-order valence-electron chi connectivity index (χ1n) is 8.29. The highest BCUT2D eigenvalue weighted by molar-refractivity contribution is 8.18. The van der Waals surface area contributed by atoms with E-state index in [1.54, 1.807) is 11.8 Å². The highest BCUT2D eigenvalue weighted by Gasteiger charge is 2.24. The summed E-state index contributed by atoms with van der Waals surface area (Å²) in [7, 11) is 0. The van der Waals surface area contributed by atoms with Crippen molar-refractivity contribution in [1.82, 2.24) is 0 Å². The average molecular weight is 373 g/mol. The number of thiocarbonyl (C=S) groups is 1. The van der Waals surface area contributed by atoms with Crippen LogP contribution in [0.4, 0.5) is 5.69 Å². The summed E-state index contributed by atoms with van der Waals surface area (Å²) in [5.74, 6) is 0. The quantitative estimate of drug-likeness (QED) is 0.324. The fourth-order valence-corrected chi connectivity index (χ4v) is 3.95. The predicted octanol–water partition coefficient (Wildman–Crippen LogP) is 5.86. The second kappa shape index (κ2) is 7.68. The van der Waals surface area contributed by atoms with Crippen LogP contribution in [-0.2, 0) is 0 Å². The highest BCUT2D eigenvalue weighted by Crippen LogP contribution is 2.37. The third kappa shape index (κ3) is 3.62. The summed E-state index contributed by atoms with van der Waals surface area (Å²) < 4.78 is 0. The Kier molecular flexibility index (Phi) is 4.95. The molecule has 0 N–H and O–H groups in total. The first-order chi connectivity index (χ1) is 12.8. The molecule has 0 radical (unpaired) electrons. The van der Waals surface area contributed by atoms with Crippen LogP contribution in [0, 0.1) is 0 Å². The summed E-state index contributed by atoms with van der Waals surface area (Å²) in [4.78, 5) is 0.804. The molecule has 3 aromatic carbocycles. The number of nitrogens with zero attached hydrogens (tertiary/aromatic N) is 2. The summed E-state index contributed by atoms with van der Waals surface area (Å²) in [6.07, 6.45) is 2.03. The Morgan fingerprint density at radius 3 is 2.04 bits per heavy atom. The van der Waals surface area contributed by atoms with E-state index in [-0.39, 0.29) is 0 Å². The molecule has 0 unspecified atom stereocenters. The van der Waals surface area contributed by atoms with Gasteiger partial charge in [-0.3, -0.25) is 0 Å². The molecule has 4 rings (SSSR count). The van der Waals surface area contributed by atoms with Crippen LogP contribution in [0.25, 0.3) is 0 Å². The van der Waals surface area contributed by atoms with E-state index in [1.165, 1.54) is 0 Å². The van der Waals surface area contributed by atoms with Crippen LogP contribution in [0.1, 0.15) is 11.1 Å². The van der Waals surface area contributed by atoms with Crippen LogP contribution >= 0.6 is 24.0 Å². The highest BCUT2D eigenvalue weighted by atomic mass is 32.2. The Bertz CT molecular complexity index is 965. The molecule has 1 aliphatic rings. The molecule has 126 valence electrons. The second-order valence-electron chi connectivity index (χ2n) is 5.73. The van der Waals surface area contributed by atoms with Gasteiger partial charge in [0, 0.05) is 10.4 Å². The van der Waals surface area contributed by atoms with Crippen molar-refractivity contribution in [3.05, 3.63) is 113 Å². The van der Waals surface area contributed by atoms with E-state index in [0.29, 0.717) is 0 Å². The molecule has 0 bridgehead atoms. The maximum atomic E-state index is 5.65. The fraction of sp³-hybridized carbons (Fsp3) is 0. The second-order valence-corrected chi connectivity index (χ2v) is 7.18.